The maximum absolute atomic E-state index is 13.0. The van der Waals surface area contributed by atoms with E-state index in [9.17, 15) is 9.59 Å². The van der Waals surface area contributed by atoms with Gasteiger partial charge in [0, 0.05) is 6.07 Å². The van der Waals surface area contributed by atoms with Crippen molar-refractivity contribution in [2.45, 2.75) is 26.4 Å². The minimum absolute atomic E-state index is 0.162. The predicted molar refractivity (Wildman–Crippen MR) is 124 cm³/mol. The fourth-order valence-corrected chi connectivity index (χ4v) is 3.60. The molecule has 0 saturated heterocycles. The Bertz CT molecular complexity index is 1100. The van der Waals surface area contributed by atoms with Gasteiger partial charge in [-0.1, -0.05) is 72.9 Å². The van der Waals surface area contributed by atoms with Crippen molar-refractivity contribution < 1.29 is 9.59 Å². The molecule has 0 radical (unpaired) electrons. The summed E-state index contributed by atoms with van der Waals surface area (Å²) >= 11 is 18.5. The van der Waals surface area contributed by atoms with Gasteiger partial charge in [-0.25, -0.2) is 4.68 Å². The summed E-state index contributed by atoms with van der Waals surface area (Å²) in [6, 6.07) is 12.9. The van der Waals surface area contributed by atoms with Crippen LogP contribution in [0.25, 0.3) is 0 Å². The summed E-state index contributed by atoms with van der Waals surface area (Å²) in [5.74, 6) is -0.475. The van der Waals surface area contributed by atoms with Crippen LogP contribution in [0.4, 0.5) is 5.82 Å². The first kappa shape index (κ1) is 23.1. The van der Waals surface area contributed by atoms with Gasteiger partial charge >= 0.3 is 0 Å². The largest absolute Gasteiger partial charge is 0.340 e. The molecular formula is C22H21Cl3N4O2. The lowest BCUT2D eigenvalue weighted by Gasteiger charge is -2.22. The maximum Gasteiger partial charge on any atom is 0.253 e. The summed E-state index contributed by atoms with van der Waals surface area (Å²) in [5.41, 5.74) is 1.07. The second-order valence-electron chi connectivity index (χ2n) is 7.25. The maximum atomic E-state index is 13.0. The molecule has 6 nitrogen and oxygen atoms in total. The van der Waals surface area contributed by atoms with E-state index in [4.69, 9.17) is 34.8 Å². The summed E-state index contributed by atoms with van der Waals surface area (Å²) < 4.78 is 1.60. The topological polar surface area (TPSA) is 76.0 Å². The number of carbonyl (C=O) groups excluding carboxylic acids is 2. The number of hydrogen-bond acceptors (Lipinski definition) is 3. The Kier molecular flexibility index (Phi) is 7.59. The van der Waals surface area contributed by atoms with Crippen molar-refractivity contribution in [2.24, 2.45) is 5.92 Å². The molecule has 0 bridgehead atoms. The van der Waals surface area contributed by atoms with Crippen molar-refractivity contribution in [3.8, 4) is 0 Å². The average molecular weight is 480 g/mol. The van der Waals surface area contributed by atoms with E-state index in [1.165, 1.54) is 0 Å². The summed E-state index contributed by atoms with van der Waals surface area (Å²) in [7, 11) is 0. The number of nitrogens with one attached hydrogen (secondary N) is 2. The molecule has 0 saturated carbocycles. The van der Waals surface area contributed by atoms with Crippen LogP contribution in [0.2, 0.25) is 15.1 Å². The van der Waals surface area contributed by atoms with Crippen molar-refractivity contribution in [1.82, 2.24) is 15.1 Å². The normalized spacial score (nSPS) is 11.9. The van der Waals surface area contributed by atoms with E-state index in [-0.39, 0.29) is 11.8 Å². The minimum Gasteiger partial charge on any atom is -0.340 e. The molecule has 0 aliphatic carbocycles. The molecule has 1 heterocycles. The van der Waals surface area contributed by atoms with Crippen LogP contribution < -0.4 is 10.6 Å². The van der Waals surface area contributed by atoms with E-state index in [1.54, 1.807) is 53.3 Å². The first-order chi connectivity index (χ1) is 14.8. The molecule has 3 aromatic rings. The fraction of sp³-hybridized carbons (Fsp3) is 0.227. The second-order valence-corrected chi connectivity index (χ2v) is 8.44. The second kappa shape index (κ2) is 10.2. The van der Waals surface area contributed by atoms with Crippen molar-refractivity contribution in [2.75, 3.05) is 5.32 Å². The van der Waals surface area contributed by atoms with Crippen LogP contribution in [0.5, 0.6) is 0 Å². The van der Waals surface area contributed by atoms with Crippen molar-refractivity contribution in [1.29, 1.82) is 0 Å². The first-order valence-electron chi connectivity index (χ1n) is 9.59. The number of halogens is 3. The number of benzene rings is 2. The summed E-state index contributed by atoms with van der Waals surface area (Å²) in [6.07, 6.45) is 1.57. The summed E-state index contributed by atoms with van der Waals surface area (Å²) in [5, 5.41) is 11.1. The van der Waals surface area contributed by atoms with Crippen LogP contribution >= 0.6 is 34.8 Å². The van der Waals surface area contributed by atoms with E-state index < -0.39 is 11.9 Å². The van der Waals surface area contributed by atoms with Crippen LogP contribution in [0, 0.1) is 5.92 Å². The van der Waals surface area contributed by atoms with Gasteiger partial charge < -0.3 is 10.6 Å². The van der Waals surface area contributed by atoms with E-state index in [1.807, 2.05) is 19.9 Å². The van der Waals surface area contributed by atoms with E-state index in [0.717, 1.165) is 5.56 Å². The van der Waals surface area contributed by atoms with E-state index in [2.05, 4.69) is 15.7 Å². The average Bonchev–Trinajstić information content (AvgIpc) is 3.16. The Morgan fingerprint density at radius 1 is 1.00 bits per heavy atom. The van der Waals surface area contributed by atoms with Gasteiger partial charge in [0.05, 0.1) is 33.4 Å². The highest BCUT2D eigenvalue weighted by molar-refractivity contribution is 6.42. The monoisotopic (exact) mass is 478 g/mol. The number of nitrogens with zero attached hydrogens (tertiary/aromatic N) is 2. The van der Waals surface area contributed by atoms with Gasteiger partial charge in [-0.3, -0.25) is 9.59 Å². The number of amides is 2. The SMILES string of the molecule is CC(C)[C@H](NC(=O)c1ccccc1Cl)C(=O)Nc1ccnn1Cc1cccc(Cl)c1Cl. The standard InChI is InChI=1S/C22H21Cl3N4O2/c1-13(2)20(28-21(30)15-7-3-4-8-16(15)23)22(31)27-18-10-11-26-29(18)12-14-6-5-9-17(24)19(14)25/h3-11,13,20H,12H2,1-2H3,(H,27,31)(H,28,30)/t20-/m0/s1. The molecule has 0 fully saturated rings. The predicted octanol–water partition coefficient (Wildman–Crippen LogP) is 5.28. The first-order valence-corrected chi connectivity index (χ1v) is 10.7. The Balaban J connectivity index is 1.75. The van der Waals surface area contributed by atoms with Gasteiger partial charge in [-0.15, -0.1) is 0 Å². The zero-order chi connectivity index (χ0) is 22.5. The number of aromatic nitrogens is 2. The third-order valence-corrected chi connectivity index (χ3v) is 5.86. The summed E-state index contributed by atoms with van der Waals surface area (Å²) in [4.78, 5) is 25.6. The molecule has 162 valence electrons. The number of carbonyl (C=O) groups is 2. The molecule has 0 aliphatic heterocycles. The smallest absolute Gasteiger partial charge is 0.253 e. The lowest BCUT2D eigenvalue weighted by Crippen LogP contribution is -2.47. The molecule has 2 aromatic carbocycles. The third kappa shape index (κ3) is 5.58. The third-order valence-electron chi connectivity index (χ3n) is 4.67. The van der Waals surface area contributed by atoms with Crippen molar-refractivity contribution in [3.05, 3.63) is 80.9 Å². The molecule has 1 atom stereocenters. The van der Waals surface area contributed by atoms with Gasteiger partial charge in [0.25, 0.3) is 5.91 Å². The van der Waals surface area contributed by atoms with Gasteiger partial charge in [-0.2, -0.15) is 5.10 Å². The van der Waals surface area contributed by atoms with Crippen molar-refractivity contribution >= 4 is 52.4 Å². The molecule has 2 amide bonds. The number of rotatable bonds is 7. The molecule has 2 N–H and O–H groups in total. The molecule has 1 aromatic heterocycles. The van der Waals surface area contributed by atoms with Gasteiger partial charge in [0.2, 0.25) is 5.91 Å². The van der Waals surface area contributed by atoms with Gasteiger partial charge in [0.15, 0.2) is 0 Å². The van der Waals surface area contributed by atoms with E-state index in [0.29, 0.717) is 33.0 Å². The molecular weight excluding hydrogens is 459 g/mol. The number of hydrogen-bond donors (Lipinski definition) is 2. The molecule has 9 heteroatoms. The Labute approximate surface area is 195 Å². The van der Waals surface area contributed by atoms with Crippen LogP contribution in [-0.4, -0.2) is 27.6 Å². The summed E-state index contributed by atoms with van der Waals surface area (Å²) in [6.45, 7) is 4.01. The highest BCUT2D eigenvalue weighted by Crippen LogP contribution is 2.26. The van der Waals surface area contributed by atoms with Gasteiger partial charge in [0.1, 0.15) is 11.9 Å². The van der Waals surface area contributed by atoms with Crippen LogP contribution in [0.15, 0.2) is 54.7 Å². The van der Waals surface area contributed by atoms with Crippen LogP contribution in [0.3, 0.4) is 0 Å². The van der Waals surface area contributed by atoms with Crippen LogP contribution in [0.1, 0.15) is 29.8 Å². The van der Waals surface area contributed by atoms with E-state index >= 15 is 0 Å². The lowest BCUT2D eigenvalue weighted by molar-refractivity contribution is -0.118. The Morgan fingerprint density at radius 2 is 1.71 bits per heavy atom. The zero-order valence-electron chi connectivity index (χ0n) is 16.9. The highest BCUT2D eigenvalue weighted by atomic mass is 35.5. The highest BCUT2D eigenvalue weighted by Gasteiger charge is 2.26. The van der Waals surface area contributed by atoms with Crippen molar-refractivity contribution in [3.63, 3.8) is 0 Å². The molecule has 31 heavy (non-hydrogen) atoms. The molecule has 0 unspecified atom stereocenters. The molecule has 0 aliphatic rings. The number of anilines is 1. The Hall–Kier alpha value is -2.54. The Morgan fingerprint density at radius 3 is 2.42 bits per heavy atom. The lowest BCUT2D eigenvalue weighted by atomic mass is 10.0. The molecule has 0 spiro atoms. The molecule has 3 rings (SSSR count). The fourth-order valence-electron chi connectivity index (χ4n) is 3.00. The zero-order valence-corrected chi connectivity index (χ0v) is 19.2. The quantitative estimate of drug-likeness (QED) is 0.484. The van der Waals surface area contributed by atoms with Gasteiger partial charge in [-0.05, 0) is 29.7 Å². The van der Waals surface area contributed by atoms with Crippen LogP contribution in [-0.2, 0) is 11.3 Å². The minimum atomic E-state index is -0.776.